The zero-order chi connectivity index (χ0) is 13.5. The van der Waals surface area contributed by atoms with Crippen molar-refractivity contribution in [2.24, 2.45) is 5.92 Å². The summed E-state index contributed by atoms with van der Waals surface area (Å²) in [7, 11) is 4.52. The number of quaternary nitrogens is 2. The molecule has 0 unspecified atom stereocenters. The predicted octanol–water partition coefficient (Wildman–Crippen LogP) is 1.14. The molecule has 2 atom stereocenters. The Kier molecular flexibility index (Phi) is 6.39. The molecule has 0 heterocycles. The second-order valence-electron chi connectivity index (χ2n) is 6.91. The van der Waals surface area contributed by atoms with E-state index in [0.717, 1.165) is 12.0 Å². The zero-order valence-electron chi connectivity index (χ0n) is 13.1. The van der Waals surface area contributed by atoms with E-state index in [-0.39, 0.29) is 0 Å². The lowest BCUT2D eigenvalue weighted by Crippen LogP contribution is -3.06. The van der Waals surface area contributed by atoms with Crippen LogP contribution in [0.4, 0.5) is 0 Å². The van der Waals surface area contributed by atoms with Gasteiger partial charge in [-0.05, 0) is 44.9 Å². The van der Waals surface area contributed by atoms with Gasteiger partial charge in [-0.25, -0.2) is 0 Å². The van der Waals surface area contributed by atoms with Crippen LogP contribution in [-0.2, 0) is 0 Å². The molecular weight excluding hydrogens is 232 g/mol. The van der Waals surface area contributed by atoms with E-state index >= 15 is 0 Å². The lowest BCUT2D eigenvalue weighted by molar-refractivity contribution is -0.860. The maximum atomic E-state index is 2.68. The van der Waals surface area contributed by atoms with Gasteiger partial charge in [-0.15, -0.1) is 0 Å². The van der Waals surface area contributed by atoms with Gasteiger partial charge in [-0.1, -0.05) is 18.1 Å². The first-order valence-electron chi connectivity index (χ1n) is 8.58. The number of rotatable bonds is 6. The first-order valence-corrected chi connectivity index (χ1v) is 8.58. The molecule has 0 aliphatic heterocycles. The molecule has 1 fully saturated rings. The normalized spacial score (nSPS) is 28.5. The lowest BCUT2D eigenvalue weighted by Gasteiger charge is -2.33. The number of hydrogen-bond acceptors (Lipinski definition) is 0. The van der Waals surface area contributed by atoms with Gasteiger partial charge in [-0.3, -0.25) is 0 Å². The highest BCUT2D eigenvalue weighted by molar-refractivity contribution is 5.11. The average molecular weight is 266 g/mol. The molecule has 0 amide bonds. The Morgan fingerprint density at radius 3 is 2.74 bits per heavy atom. The van der Waals surface area contributed by atoms with Gasteiger partial charge < -0.3 is 10.2 Å². The van der Waals surface area contributed by atoms with Gasteiger partial charge in [0.1, 0.15) is 0 Å². The number of allylic oxidation sites excluding steroid dienone is 1. The van der Waals surface area contributed by atoms with Gasteiger partial charge in [0.2, 0.25) is 0 Å². The second kappa shape index (κ2) is 8.06. The second-order valence-corrected chi connectivity index (χ2v) is 6.91. The molecule has 0 saturated heterocycles. The SMILES string of the molecule is C[NH+](C)CCC[NH2+][C@@H]1CCCC[C@@H]1C1=CCCCC1. The van der Waals surface area contributed by atoms with Crippen LogP contribution in [-0.4, -0.2) is 33.2 Å². The molecule has 2 nitrogen and oxygen atoms in total. The molecule has 3 N–H and O–H groups in total. The number of hydrogen-bond donors (Lipinski definition) is 2. The summed E-state index contributed by atoms with van der Waals surface area (Å²) in [6.07, 6.45) is 15.4. The third-order valence-electron chi connectivity index (χ3n) is 4.97. The number of nitrogens with two attached hydrogens (primary N) is 1. The fourth-order valence-electron chi connectivity index (χ4n) is 3.89. The summed E-state index contributed by atoms with van der Waals surface area (Å²) >= 11 is 0. The molecule has 0 bridgehead atoms. The van der Waals surface area contributed by atoms with Crippen LogP contribution in [0.3, 0.4) is 0 Å². The summed E-state index contributed by atoms with van der Waals surface area (Å²) in [6, 6.07) is 0.898. The third kappa shape index (κ3) is 4.92. The van der Waals surface area contributed by atoms with Crippen LogP contribution in [0.15, 0.2) is 11.6 Å². The first kappa shape index (κ1) is 15.1. The van der Waals surface area contributed by atoms with Crippen molar-refractivity contribution in [1.29, 1.82) is 0 Å². The molecule has 0 spiro atoms. The van der Waals surface area contributed by atoms with Gasteiger partial charge in [0.05, 0.1) is 33.2 Å². The predicted molar refractivity (Wildman–Crippen MR) is 81.4 cm³/mol. The Hall–Kier alpha value is -0.340. The molecule has 0 radical (unpaired) electrons. The van der Waals surface area contributed by atoms with Crippen LogP contribution in [0.2, 0.25) is 0 Å². The molecule has 2 rings (SSSR count). The van der Waals surface area contributed by atoms with Gasteiger partial charge in [0.15, 0.2) is 0 Å². The quantitative estimate of drug-likeness (QED) is 0.531. The number of nitrogens with one attached hydrogen (secondary N) is 1. The Balaban J connectivity index is 1.80. The fourth-order valence-corrected chi connectivity index (χ4v) is 3.89. The molecular formula is C17H34N2+2. The summed E-state index contributed by atoms with van der Waals surface area (Å²) in [4.78, 5) is 1.59. The Bertz CT molecular complexity index is 283. The summed E-state index contributed by atoms with van der Waals surface area (Å²) in [5.41, 5.74) is 1.82. The Morgan fingerprint density at radius 2 is 2.00 bits per heavy atom. The van der Waals surface area contributed by atoms with E-state index in [0.29, 0.717) is 0 Å². The van der Waals surface area contributed by atoms with Crippen molar-refractivity contribution in [2.75, 3.05) is 27.2 Å². The van der Waals surface area contributed by atoms with E-state index in [4.69, 9.17) is 0 Å². The van der Waals surface area contributed by atoms with E-state index in [9.17, 15) is 0 Å². The van der Waals surface area contributed by atoms with Crippen molar-refractivity contribution < 1.29 is 10.2 Å². The highest BCUT2D eigenvalue weighted by Crippen LogP contribution is 2.33. The van der Waals surface area contributed by atoms with Gasteiger partial charge >= 0.3 is 0 Å². The topological polar surface area (TPSA) is 21.1 Å². The van der Waals surface area contributed by atoms with E-state index in [2.05, 4.69) is 25.5 Å². The smallest absolute Gasteiger partial charge is 0.0925 e. The molecule has 2 heteroatoms. The average Bonchev–Trinajstić information content (AvgIpc) is 2.45. The minimum absolute atomic E-state index is 0.898. The van der Waals surface area contributed by atoms with Crippen molar-refractivity contribution in [3.05, 3.63) is 11.6 Å². The molecule has 110 valence electrons. The van der Waals surface area contributed by atoms with Crippen molar-refractivity contribution >= 4 is 0 Å². The lowest BCUT2D eigenvalue weighted by atomic mass is 9.76. The van der Waals surface area contributed by atoms with Crippen LogP contribution in [0.1, 0.15) is 57.8 Å². The van der Waals surface area contributed by atoms with Crippen molar-refractivity contribution in [3.8, 4) is 0 Å². The van der Waals surface area contributed by atoms with Crippen molar-refractivity contribution in [3.63, 3.8) is 0 Å². The maximum Gasteiger partial charge on any atom is 0.0925 e. The summed E-state index contributed by atoms with van der Waals surface area (Å²) in [6.45, 7) is 2.65. The first-order chi connectivity index (χ1) is 9.27. The maximum absolute atomic E-state index is 2.68. The third-order valence-corrected chi connectivity index (χ3v) is 4.97. The van der Waals surface area contributed by atoms with Crippen LogP contribution in [0, 0.1) is 5.92 Å². The summed E-state index contributed by atoms with van der Waals surface area (Å²) < 4.78 is 0. The monoisotopic (exact) mass is 266 g/mol. The van der Waals surface area contributed by atoms with Crippen LogP contribution in [0.25, 0.3) is 0 Å². The van der Waals surface area contributed by atoms with Crippen LogP contribution < -0.4 is 10.2 Å². The van der Waals surface area contributed by atoms with Gasteiger partial charge in [-0.2, -0.15) is 0 Å². The Labute approximate surface area is 119 Å². The standard InChI is InChI=1S/C17H32N2/c1-19(2)14-8-13-18-17-12-7-6-11-16(17)15-9-4-3-5-10-15/h9,16-18H,3-8,10-14H2,1-2H3/p+2/t16-,17-/m1/s1. The van der Waals surface area contributed by atoms with Crippen molar-refractivity contribution in [1.82, 2.24) is 0 Å². The van der Waals surface area contributed by atoms with E-state index < -0.39 is 0 Å². The summed E-state index contributed by atoms with van der Waals surface area (Å²) in [5, 5.41) is 2.68. The van der Waals surface area contributed by atoms with E-state index in [1.807, 2.05) is 5.57 Å². The molecule has 1 saturated carbocycles. The molecule has 19 heavy (non-hydrogen) atoms. The fraction of sp³-hybridized carbons (Fsp3) is 0.882. The van der Waals surface area contributed by atoms with E-state index in [1.165, 1.54) is 70.9 Å². The van der Waals surface area contributed by atoms with Gasteiger partial charge in [0, 0.05) is 12.3 Å². The molecule has 0 aromatic carbocycles. The molecule has 0 aromatic heterocycles. The molecule has 2 aliphatic carbocycles. The van der Waals surface area contributed by atoms with E-state index in [1.54, 1.807) is 4.90 Å². The van der Waals surface area contributed by atoms with Gasteiger partial charge in [0.25, 0.3) is 0 Å². The highest BCUT2D eigenvalue weighted by Gasteiger charge is 2.30. The molecule has 2 aliphatic rings. The Morgan fingerprint density at radius 1 is 1.16 bits per heavy atom. The van der Waals surface area contributed by atoms with Crippen LogP contribution in [0.5, 0.6) is 0 Å². The summed E-state index contributed by atoms with van der Waals surface area (Å²) in [5.74, 6) is 0.917. The van der Waals surface area contributed by atoms with Crippen molar-refractivity contribution in [2.45, 2.75) is 63.8 Å². The van der Waals surface area contributed by atoms with Crippen LogP contribution >= 0.6 is 0 Å². The minimum atomic E-state index is 0.898. The zero-order valence-corrected chi connectivity index (χ0v) is 13.1. The molecule has 0 aromatic rings. The highest BCUT2D eigenvalue weighted by atomic mass is 15.1. The minimum Gasteiger partial charge on any atom is -0.343 e. The largest absolute Gasteiger partial charge is 0.343 e.